The van der Waals surface area contributed by atoms with Crippen LogP contribution in [0, 0.1) is 13.8 Å². The van der Waals surface area contributed by atoms with E-state index in [2.05, 4.69) is 21.2 Å². The molecule has 0 fully saturated rings. The van der Waals surface area contributed by atoms with Gasteiger partial charge in [0.2, 0.25) is 0 Å². The van der Waals surface area contributed by atoms with Crippen LogP contribution in [0.4, 0.5) is 5.69 Å². The Morgan fingerprint density at radius 2 is 1.95 bits per heavy atom. The van der Waals surface area contributed by atoms with Crippen LogP contribution in [0.3, 0.4) is 0 Å². The number of hydrogen-bond acceptors (Lipinski definition) is 3. The molecule has 0 bridgehead atoms. The maximum Gasteiger partial charge on any atom is 0.337 e. The Bertz CT molecular complexity index is 674. The molecule has 1 aromatic carbocycles. The number of carbonyl (C=O) groups is 2. The molecule has 0 saturated heterocycles. The fraction of sp³-hybridized carbons (Fsp3) is 0.143. The number of benzene rings is 1. The molecule has 0 atom stereocenters. The van der Waals surface area contributed by atoms with E-state index in [0.29, 0.717) is 16.1 Å². The van der Waals surface area contributed by atoms with Crippen molar-refractivity contribution >= 4 is 44.8 Å². The van der Waals surface area contributed by atoms with Crippen molar-refractivity contribution in [3.63, 3.8) is 0 Å². The molecular weight excluding hydrogens is 342 g/mol. The lowest BCUT2D eigenvalue weighted by atomic mass is 10.1. The third-order valence-electron chi connectivity index (χ3n) is 2.82. The summed E-state index contributed by atoms with van der Waals surface area (Å²) in [6.45, 7) is 3.66. The van der Waals surface area contributed by atoms with E-state index in [1.807, 2.05) is 6.92 Å². The normalized spacial score (nSPS) is 10.3. The molecule has 2 rings (SSSR count). The molecule has 2 aromatic rings. The van der Waals surface area contributed by atoms with Crippen LogP contribution < -0.4 is 5.32 Å². The third kappa shape index (κ3) is 2.91. The van der Waals surface area contributed by atoms with Crippen molar-refractivity contribution in [1.29, 1.82) is 0 Å². The zero-order chi connectivity index (χ0) is 14.9. The van der Waals surface area contributed by atoms with Gasteiger partial charge in [-0.15, -0.1) is 11.3 Å². The molecule has 0 aliphatic carbocycles. The Labute approximate surface area is 128 Å². The summed E-state index contributed by atoms with van der Waals surface area (Å²) >= 11 is 4.69. The van der Waals surface area contributed by atoms with Gasteiger partial charge in [-0.1, -0.05) is 12.1 Å². The summed E-state index contributed by atoms with van der Waals surface area (Å²) in [5.74, 6) is -1.37. The molecule has 20 heavy (non-hydrogen) atoms. The molecule has 0 saturated carbocycles. The predicted octanol–water partition coefficient (Wildman–Crippen LogP) is 4.08. The van der Waals surface area contributed by atoms with Crippen molar-refractivity contribution in [2.45, 2.75) is 13.8 Å². The highest BCUT2D eigenvalue weighted by Gasteiger charge is 2.17. The average Bonchev–Trinajstić information content (AvgIpc) is 2.72. The summed E-state index contributed by atoms with van der Waals surface area (Å²) in [7, 11) is 0. The van der Waals surface area contributed by atoms with Crippen molar-refractivity contribution in [2.24, 2.45) is 0 Å². The number of hydrogen-bond donors (Lipinski definition) is 2. The van der Waals surface area contributed by atoms with Crippen LogP contribution in [0.25, 0.3) is 0 Å². The summed E-state index contributed by atoms with van der Waals surface area (Å²) in [6, 6.07) is 6.65. The second-order valence-corrected chi connectivity index (χ2v) is 6.69. The Morgan fingerprint density at radius 3 is 2.50 bits per heavy atom. The fourth-order valence-electron chi connectivity index (χ4n) is 1.76. The SMILES string of the molecule is Cc1cc(C(=O)Nc2c(C)cccc2C(=O)O)sc1Br. The van der Waals surface area contributed by atoms with Gasteiger partial charge in [-0.25, -0.2) is 4.79 Å². The number of rotatable bonds is 3. The molecule has 1 aromatic heterocycles. The van der Waals surface area contributed by atoms with E-state index in [0.717, 1.165) is 9.35 Å². The molecule has 1 heterocycles. The highest BCUT2D eigenvalue weighted by atomic mass is 79.9. The second-order valence-electron chi connectivity index (χ2n) is 4.32. The molecule has 0 aliphatic rings. The van der Waals surface area contributed by atoms with E-state index < -0.39 is 5.97 Å². The fourth-order valence-corrected chi connectivity index (χ4v) is 3.19. The number of carbonyl (C=O) groups excluding carboxylic acids is 1. The minimum atomic E-state index is -1.06. The van der Waals surface area contributed by atoms with Gasteiger partial charge in [0.15, 0.2) is 0 Å². The lowest BCUT2D eigenvalue weighted by molar-refractivity contribution is 0.0698. The Morgan fingerprint density at radius 1 is 1.25 bits per heavy atom. The van der Waals surface area contributed by atoms with E-state index in [1.54, 1.807) is 25.1 Å². The van der Waals surface area contributed by atoms with E-state index >= 15 is 0 Å². The van der Waals surface area contributed by atoms with E-state index in [9.17, 15) is 9.59 Å². The number of nitrogens with one attached hydrogen (secondary N) is 1. The van der Waals surface area contributed by atoms with Crippen LogP contribution in [0.5, 0.6) is 0 Å². The predicted molar refractivity (Wildman–Crippen MR) is 82.8 cm³/mol. The quantitative estimate of drug-likeness (QED) is 0.873. The van der Waals surface area contributed by atoms with Crippen LogP contribution in [0.2, 0.25) is 0 Å². The third-order valence-corrected chi connectivity index (χ3v) is 4.96. The summed E-state index contributed by atoms with van der Waals surface area (Å²) < 4.78 is 0.894. The number of thiophene rings is 1. The van der Waals surface area contributed by atoms with Gasteiger partial charge < -0.3 is 10.4 Å². The second kappa shape index (κ2) is 5.76. The van der Waals surface area contributed by atoms with Gasteiger partial charge in [0, 0.05) is 0 Å². The van der Waals surface area contributed by atoms with Crippen molar-refractivity contribution in [2.75, 3.05) is 5.32 Å². The van der Waals surface area contributed by atoms with Gasteiger partial charge in [-0.05, 0) is 53.0 Å². The molecule has 4 nitrogen and oxygen atoms in total. The van der Waals surface area contributed by atoms with Crippen molar-refractivity contribution in [1.82, 2.24) is 0 Å². The van der Waals surface area contributed by atoms with Gasteiger partial charge >= 0.3 is 5.97 Å². The van der Waals surface area contributed by atoms with Gasteiger partial charge in [-0.3, -0.25) is 4.79 Å². The van der Waals surface area contributed by atoms with Gasteiger partial charge in [0.25, 0.3) is 5.91 Å². The summed E-state index contributed by atoms with van der Waals surface area (Å²) in [6.07, 6.45) is 0. The first kappa shape index (κ1) is 14.7. The molecule has 0 spiro atoms. The van der Waals surface area contributed by atoms with Gasteiger partial charge in [-0.2, -0.15) is 0 Å². The number of anilines is 1. The first-order valence-corrected chi connectivity index (χ1v) is 7.41. The monoisotopic (exact) mass is 353 g/mol. The summed E-state index contributed by atoms with van der Waals surface area (Å²) in [5, 5.41) is 11.9. The minimum Gasteiger partial charge on any atom is -0.478 e. The van der Waals surface area contributed by atoms with E-state index in [1.165, 1.54) is 17.4 Å². The first-order valence-electron chi connectivity index (χ1n) is 5.80. The number of aromatic carboxylic acids is 1. The topological polar surface area (TPSA) is 66.4 Å². The Kier molecular flexibility index (Phi) is 4.25. The van der Waals surface area contributed by atoms with Crippen LogP contribution in [-0.4, -0.2) is 17.0 Å². The molecule has 0 aliphatic heterocycles. The number of para-hydroxylation sites is 1. The van der Waals surface area contributed by atoms with Gasteiger partial charge in [0.1, 0.15) is 0 Å². The minimum absolute atomic E-state index is 0.0886. The lowest BCUT2D eigenvalue weighted by Crippen LogP contribution is -2.14. The zero-order valence-electron chi connectivity index (χ0n) is 10.9. The highest BCUT2D eigenvalue weighted by Crippen LogP contribution is 2.29. The highest BCUT2D eigenvalue weighted by molar-refractivity contribution is 9.11. The van der Waals surface area contributed by atoms with Crippen LogP contribution in [0.15, 0.2) is 28.1 Å². The standard InChI is InChI=1S/C14H12BrNO3S/c1-7-4-3-5-9(14(18)19)11(7)16-13(17)10-6-8(2)12(15)20-10/h3-6H,1-2H3,(H,16,17)(H,18,19). The molecule has 2 N–H and O–H groups in total. The van der Waals surface area contributed by atoms with Gasteiger partial charge in [0.05, 0.1) is 19.9 Å². The Balaban J connectivity index is 2.35. The number of halogens is 1. The van der Waals surface area contributed by atoms with Crippen molar-refractivity contribution < 1.29 is 14.7 Å². The maximum atomic E-state index is 12.2. The summed E-state index contributed by atoms with van der Waals surface area (Å²) in [4.78, 5) is 23.9. The number of carboxylic acid groups (broad SMARTS) is 1. The summed E-state index contributed by atoms with van der Waals surface area (Å²) in [5.41, 5.74) is 2.12. The smallest absolute Gasteiger partial charge is 0.337 e. The number of carboxylic acids is 1. The average molecular weight is 354 g/mol. The molecular formula is C14H12BrNO3S. The molecule has 6 heteroatoms. The van der Waals surface area contributed by atoms with E-state index in [4.69, 9.17) is 5.11 Å². The van der Waals surface area contributed by atoms with Crippen LogP contribution in [0.1, 0.15) is 31.2 Å². The number of aryl methyl sites for hydroxylation is 2. The van der Waals surface area contributed by atoms with Crippen molar-refractivity contribution in [3.05, 3.63) is 49.6 Å². The Hall–Kier alpha value is -1.66. The van der Waals surface area contributed by atoms with Crippen molar-refractivity contribution in [3.8, 4) is 0 Å². The van der Waals surface area contributed by atoms with Crippen LogP contribution >= 0.6 is 27.3 Å². The molecule has 104 valence electrons. The molecule has 0 unspecified atom stereocenters. The van der Waals surface area contributed by atoms with Crippen LogP contribution in [-0.2, 0) is 0 Å². The number of amides is 1. The lowest BCUT2D eigenvalue weighted by Gasteiger charge is -2.10. The molecule has 0 radical (unpaired) electrons. The van der Waals surface area contributed by atoms with E-state index in [-0.39, 0.29) is 11.5 Å². The molecule has 1 amide bonds. The largest absolute Gasteiger partial charge is 0.478 e. The maximum absolute atomic E-state index is 12.2. The zero-order valence-corrected chi connectivity index (χ0v) is 13.3. The first-order chi connectivity index (χ1) is 9.40.